The Balaban J connectivity index is 1.09. The largest absolute Gasteiger partial charge is 0.496 e. The van der Waals surface area contributed by atoms with Crippen LogP contribution in [0.25, 0.3) is 33.2 Å². The van der Waals surface area contributed by atoms with Crippen molar-refractivity contribution < 1.29 is 19.1 Å². The van der Waals surface area contributed by atoms with Crippen LogP contribution in [0.3, 0.4) is 0 Å². The summed E-state index contributed by atoms with van der Waals surface area (Å²) in [6, 6.07) is 22.6. The fourth-order valence-electron chi connectivity index (χ4n) is 7.16. The van der Waals surface area contributed by atoms with Crippen molar-refractivity contribution in [3.05, 3.63) is 99.7 Å². The fourth-order valence-corrected chi connectivity index (χ4v) is 7.74. The van der Waals surface area contributed by atoms with E-state index in [2.05, 4.69) is 39.5 Å². The predicted octanol–water partition coefficient (Wildman–Crippen LogP) is 6.48. The summed E-state index contributed by atoms with van der Waals surface area (Å²) in [4.78, 5) is 23.1. The van der Waals surface area contributed by atoms with Gasteiger partial charge in [0.25, 0.3) is 0 Å². The molecule has 0 radical (unpaired) electrons. The van der Waals surface area contributed by atoms with Gasteiger partial charge in [-0.15, -0.1) is 0 Å². The topological polar surface area (TPSA) is 119 Å². The second kappa shape index (κ2) is 16.0. The SMILES string of the molecule is COc1cc(-c2cccc(-c3cccc4c3cnn4Cc3cc(OC)c(CNC[C@@H]4CCC(=O)N4)cc3Cl)c2Cl)ccc1CNC[C@@H]1CCC(=O)N1. The van der Waals surface area contributed by atoms with Gasteiger partial charge in [0.05, 0.1) is 37.5 Å². The summed E-state index contributed by atoms with van der Waals surface area (Å²) in [5.74, 6) is 1.73. The van der Waals surface area contributed by atoms with E-state index in [1.165, 1.54) is 0 Å². The molecule has 0 bridgehead atoms. The van der Waals surface area contributed by atoms with E-state index in [9.17, 15) is 9.59 Å². The number of rotatable bonds is 14. The molecule has 0 unspecified atom stereocenters. The second-order valence-corrected chi connectivity index (χ2v) is 14.1. The molecule has 2 fully saturated rings. The third kappa shape index (κ3) is 7.76. The van der Waals surface area contributed by atoms with Crippen LogP contribution in [-0.4, -0.2) is 61.0 Å². The summed E-state index contributed by atoms with van der Waals surface area (Å²) in [7, 11) is 3.33. The Bertz CT molecular complexity index is 2120. The standard InChI is InChI=1S/C40H42Cl2N6O4/c1-51-36-16-24(9-10-25(36)18-43-20-28-11-13-38(49)46-28)30-5-3-7-32(40(30)42)31-6-4-8-35-33(31)22-45-48(35)23-27-17-37(52-2)26(15-34(27)41)19-44-21-29-12-14-39(50)47-29/h3-10,15-17,22,28-29,43-44H,11-14,18-21,23H2,1-2H3,(H,46,49)(H,47,50)/t28-,29-/m0/s1. The highest BCUT2D eigenvalue weighted by molar-refractivity contribution is 6.36. The summed E-state index contributed by atoms with van der Waals surface area (Å²) in [5, 5.41) is 19.9. The lowest BCUT2D eigenvalue weighted by Crippen LogP contribution is -2.35. The van der Waals surface area contributed by atoms with Crippen molar-refractivity contribution in [3.63, 3.8) is 0 Å². The first kappa shape index (κ1) is 35.8. The summed E-state index contributed by atoms with van der Waals surface area (Å²) >= 11 is 14.0. The molecule has 4 aromatic carbocycles. The number of nitrogens with one attached hydrogen (secondary N) is 4. The number of fused-ring (bicyclic) bond motifs is 1. The molecule has 12 heteroatoms. The molecule has 0 saturated carbocycles. The molecule has 10 nitrogen and oxygen atoms in total. The van der Waals surface area contributed by atoms with Gasteiger partial charge in [0, 0.05) is 83.8 Å². The van der Waals surface area contributed by atoms with E-state index in [4.69, 9.17) is 37.8 Å². The Labute approximate surface area is 313 Å². The van der Waals surface area contributed by atoms with Crippen LogP contribution in [0.1, 0.15) is 42.4 Å². The van der Waals surface area contributed by atoms with E-state index in [0.717, 1.165) is 74.2 Å². The van der Waals surface area contributed by atoms with E-state index in [-0.39, 0.29) is 23.9 Å². The molecule has 2 amide bonds. The monoisotopic (exact) mass is 740 g/mol. The third-order valence-corrected chi connectivity index (χ3v) is 10.7. The van der Waals surface area contributed by atoms with Gasteiger partial charge in [-0.05, 0) is 53.8 Å². The molecule has 0 aliphatic carbocycles. The minimum Gasteiger partial charge on any atom is -0.496 e. The highest BCUT2D eigenvalue weighted by atomic mass is 35.5. The first-order valence-electron chi connectivity index (χ1n) is 17.6. The van der Waals surface area contributed by atoms with Gasteiger partial charge in [-0.25, -0.2) is 0 Å². The van der Waals surface area contributed by atoms with Gasteiger partial charge in [-0.2, -0.15) is 5.10 Å². The predicted molar refractivity (Wildman–Crippen MR) is 205 cm³/mol. The smallest absolute Gasteiger partial charge is 0.220 e. The van der Waals surface area contributed by atoms with Crippen molar-refractivity contribution in [2.45, 2.75) is 57.4 Å². The highest BCUT2D eigenvalue weighted by Gasteiger charge is 2.22. The zero-order chi connectivity index (χ0) is 36.2. The lowest BCUT2D eigenvalue weighted by atomic mass is 9.96. The maximum Gasteiger partial charge on any atom is 0.220 e. The zero-order valence-electron chi connectivity index (χ0n) is 29.2. The van der Waals surface area contributed by atoms with Crippen LogP contribution in [-0.2, 0) is 29.2 Å². The van der Waals surface area contributed by atoms with E-state index < -0.39 is 0 Å². The van der Waals surface area contributed by atoms with Gasteiger partial charge < -0.3 is 30.7 Å². The number of hydrogen-bond donors (Lipinski definition) is 4. The number of ether oxygens (including phenoxy) is 2. The van der Waals surface area contributed by atoms with Crippen molar-refractivity contribution in [2.75, 3.05) is 27.3 Å². The molecule has 1 aromatic heterocycles. The third-order valence-electron chi connectivity index (χ3n) is 9.93. The van der Waals surface area contributed by atoms with Crippen LogP contribution in [0.5, 0.6) is 11.5 Å². The molecule has 2 atom stereocenters. The highest BCUT2D eigenvalue weighted by Crippen LogP contribution is 2.40. The molecule has 52 heavy (non-hydrogen) atoms. The van der Waals surface area contributed by atoms with Gasteiger partial charge in [-0.1, -0.05) is 65.7 Å². The number of aromatic nitrogens is 2. The molecule has 2 saturated heterocycles. The van der Waals surface area contributed by atoms with Crippen LogP contribution in [0.2, 0.25) is 10.0 Å². The lowest BCUT2D eigenvalue weighted by Gasteiger charge is -2.16. The molecule has 5 aromatic rings. The van der Waals surface area contributed by atoms with Crippen molar-refractivity contribution in [1.82, 2.24) is 31.0 Å². The normalized spacial score (nSPS) is 17.1. The van der Waals surface area contributed by atoms with E-state index in [0.29, 0.717) is 55.6 Å². The summed E-state index contributed by atoms with van der Waals surface area (Å²) in [5.41, 5.74) is 7.55. The van der Waals surface area contributed by atoms with Gasteiger partial charge in [-0.3, -0.25) is 14.3 Å². The van der Waals surface area contributed by atoms with Crippen LogP contribution in [0.4, 0.5) is 0 Å². The number of benzene rings is 4. The summed E-state index contributed by atoms with van der Waals surface area (Å²) in [6.45, 7) is 3.04. The van der Waals surface area contributed by atoms with Crippen molar-refractivity contribution in [1.29, 1.82) is 0 Å². The number of halogens is 2. The fraction of sp³-hybridized carbons (Fsp3) is 0.325. The summed E-state index contributed by atoms with van der Waals surface area (Å²) in [6.07, 6.45) is 4.73. The van der Waals surface area contributed by atoms with Crippen LogP contribution >= 0.6 is 23.2 Å². The van der Waals surface area contributed by atoms with Gasteiger partial charge in [0.1, 0.15) is 11.5 Å². The molecular weight excluding hydrogens is 699 g/mol. The number of methoxy groups -OCH3 is 2. The van der Waals surface area contributed by atoms with Crippen LogP contribution < -0.4 is 30.7 Å². The Morgan fingerprint density at radius 1 is 0.769 bits per heavy atom. The van der Waals surface area contributed by atoms with Crippen molar-refractivity contribution in [2.24, 2.45) is 0 Å². The van der Waals surface area contributed by atoms with Crippen molar-refractivity contribution in [3.8, 4) is 33.8 Å². The Hall–Kier alpha value is -4.61. The first-order valence-corrected chi connectivity index (χ1v) is 18.3. The van der Waals surface area contributed by atoms with Crippen molar-refractivity contribution >= 4 is 45.9 Å². The molecular formula is C40H42Cl2N6O4. The average molecular weight is 742 g/mol. The molecule has 2 aliphatic rings. The number of hydrogen-bond acceptors (Lipinski definition) is 7. The van der Waals surface area contributed by atoms with E-state index >= 15 is 0 Å². The first-order chi connectivity index (χ1) is 25.3. The molecule has 270 valence electrons. The number of amides is 2. The lowest BCUT2D eigenvalue weighted by molar-refractivity contribution is -0.120. The molecule has 7 rings (SSSR count). The van der Waals surface area contributed by atoms with Gasteiger partial charge >= 0.3 is 0 Å². The van der Waals surface area contributed by atoms with Crippen LogP contribution in [0, 0.1) is 0 Å². The molecule has 3 heterocycles. The number of carbonyl (C=O) groups excluding carboxylic acids is 2. The summed E-state index contributed by atoms with van der Waals surface area (Å²) < 4.78 is 13.5. The maximum absolute atomic E-state index is 11.5. The second-order valence-electron chi connectivity index (χ2n) is 13.4. The van der Waals surface area contributed by atoms with E-state index in [1.807, 2.05) is 59.4 Å². The van der Waals surface area contributed by atoms with Gasteiger partial charge in [0.2, 0.25) is 11.8 Å². The van der Waals surface area contributed by atoms with E-state index in [1.54, 1.807) is 14.2 Å². The molecule has 2 aliphatic heterocycles. The minimum absolute atomic E-state index is 0.104. The zero-order valence-corrected chi connectivity index (χ0v) is 30.7. The number of carbonyl (C=O) groups is 2. The van der Waals surface area contributed by atoms with Crippen LogP contribution in [0.15, 0.2) is 72.9 Å². The minimum atomic E-state index is 0.104. The Kier molecular flexibility index (Phi) is 11.0. The Morgan fingerprint density at radius 3 is 2.08 bits per heavy atom. The van der Waals surface area contributed by atoms with Gasteiger partial charge in [0.15, 0.2) is 0 Å². The average Bonchev–Trinajstić information content (AvgIpc) is 3.89. The number of nitrogens with zero attached hydrogens (tertiary/aromatic N) is 2. The Morgan fingerprint density at radius 2 is 1.40 bits per heavy atom. The maximum atomic E-state index is 11.5. The molecule has 4 N–H and O–H groups in total. The quantitative estimate of drug-likeness (QED) is 0.103. The molecule has 0 spiro atoms.